The van der Waals surface area contributed by atoms with Gasteiger partial charge in [-0.2, -0.15) is 0 Å². The molecule has 1 amide bonds. The largest absolute Gasteiger partial charge is 0.339 e. The van der Waals surface area contributed by atoms with Crippen molar-refractivity contribution in [2.75, 3.05) is 13.1 Å². The Morgan fingerprint density at radius 2 is 1.83 bits per heavy atom. The fraction of sp³-hybridized carbons (Fsp3) is 0.533. The van der Waals surface area contributed by atoms with Crippen LogP contribution >= 0.6 is 12.6 Å². The van der Waals surface area contributed by atoms with E-state index in [1.807, 2.05) is 29.2 Å². The van der Waals surface area contributed by atoms with Gasteiger partial charge in [0.05, 0.1) is 0 Å². The number of benzene rings is 1. The molecule has 0 atom stereocenters. The van der Waals surface area contributed by atoms with Crippen molar-refractivity contribution in [2.24, 2.45) is 5.41 Å². The van der Waals surface area contributed by atoms with Crippen molar-refractivity contribution >= 4 is 18.5 Å². The molecule has 0 spiro atoms. The van der Waals surface area contributed by atoms with Crippen LogP contribution in [0.4, 0.5) is 0 Å². The molecule has 2 rings (SSSR count). The summed E-state index contributed by atoms with van der Waals surface area (Å²) in [5, 5.41) is 0. The SMILES string of the molecule is CC1(C)CCCN(C(=O)c2ccc(S)cc2)CC1. The van der Waals surface area contributed by atoms with E-state index in [0.29, 0.717) is 5.41 Å². The van der Waals surface area contributed by atoms with Gasteiger partial charge >= 0.3 is 0 Å². The van der Waals surface area contributed by atoms with Gasteiger partial charge in [0.1, 0.15) is 0 Å². The maximum absolute atomic E-state index is 12.4. The summed E-state index contributed by atoms with van der Waals surface area (Å²) < 4.78 is 0. The van der Waals surface area contributed by atoms with Gasteiger partial charge in [-0.05, 0) is 48.9 Å². The van der Waals surface area contributed by atoms with Crippen molar-refractivity contribution in [3.05, 3.63) is 29.8 Å². The highest BCUT2D eigenvalue weighted by molar-refractivity contribution is 7.80. The van der Waals surface area contributed by atoms with E-state index in [1.165, 1.54) is 6.42 Å². The molecule has 0 bridgehead atoms. The molecule has 3 heteroatoms. The summed E-state index contributed by atoms with van der Waals surface area (Å²) in [6.45, 7) is 6.33. The zero-order valence-corrected chi connectivity index (χ0v) is 12.0. The molecule has 1 aromatic rings. The first kappa shape index (κ1) is 13.5. The molecule has 0 saturated carbocycles. The number of rotatable bonds is 1. The first-order valence-electron chi connectivity index (χ1n) is 6.56. The summed E-state index contributed by atoms with van der Waals surface area (Å²) in [4.78, 5) is 15.3. The van der Waals surface area contributed by atoms with E-state index in [0.717, 1.165) is 36.4 Å². The summed E-state index contributed by atoms with van der Waals surface area (Å²) in [5.41, 5.74) is 1.14. The van der Waals surface area contributed by atoms with Crippen molar-refractivity contribution in [1.29, 1.82) is 0 Å². The van der Waals surface area contributed by atoms with Crippen LogP contribution in [0.1, 0.15) is 43.5 Å². The minimum Gasteiger partial charge on any atom is -0.339 e. The standard InChI is InChI=1S/C15H21NOS/c1-15(2)8-3-10-16(11-9-15)14(17)12-4-6-13(18)7-5-12/h4-7,18H,3,8-11H2,1-2H3. The van der Waals surface area contributed by atoms with Crippen LogP contribution in [0.25, 0.3) is 0 Å². The third kappa shape index (κ3) is 3.29. The monoisotopic (exact) mass is 263 g/mol. The molecular formula is C15H21NOS. The molecule has 18 heavy (non-hydrogen) atoms. The highest BCUT2D eigenvalue weighted by Gasteiger charge is 2.25. The zero-order chi connectivity index (χ0) is 13.2. The molecule has 98 valence electrons. The van der Waals surface area contributed by atoms with Crippen LogP contribution in [-0.4, -0.2) is 23.9 Å². The van der Waals surface area contributed by atoms with E-state index in [-0.39, 0.29) is 5.91 Å². The van der Waals surface area contributed by atoms with Gasteiger partial charge in [0, 0.05) is 23.5 Å². The number of amides is 1. The van der Waals surface area contributed by atoms with Crippen LogP contribution < -0.4 is 0 Å². The molecule has 1 saturated heterocycles. The van der Waals surface area contributed by atoms with Crippen LogP contribution in [0, 0.1) is 5.41 Å². The number of likely N-dealkylation sites (tertiary alicyclic amines) is 1. The van der Waals surface area contributed by atoms with Gasteiger partial charge in [-0.15, -0.1) is 12.6 Å². The second-order valence-electron chi connectivity index (χ2n) is 5.86. The Hall–Kier alpha value is -0.960. The zero-order valence-electron chi connectivity index (χ0n) is 11.1. The first-order valence-corrected chi connectivity index (χ1v) is 7.01. The van der Waals surface area contributed by atoms with Gasteiger partial charge < -0.3 is 4.90 Å². The second-order valence-corrected chi connectivity index (χ2v) is 6.37. The maximum atomic E-state index is 12.4. The van der Waals surface area contributed by atoms with Crippen LogP contribution in [0.5, 0.6) is 0 Å². The molecule has 1 aliphatic rings. The summed E-state index contributed by atoms with van der Waals surface area (Å²) in [7, 11) is 0. The highest BCUT2D eigenvalue weighted by atomic mass is 32.1. The van der Waals surface area contributed by atoms with E-state index < -0.39 is 0 Å². The van der Waals surface area contributed by atoms with Crippen LogP contribution in [0.15, 0.2) is 29.2 Å². The lowest BCUT2D eigenvalue weighted by Gasteiger charge is -2.23. The first-order chi connectivity index (χ1) is 8.48. The Labute approximate surface area is 115 Å². The van der Waals surface area contributed by atoms with E-state index in [4.69, 9.17) is 0 Å². The summed E-state index contributed by atoms with van der Waals surface area (Å²) in [6, 6.07) is 7.47. The number of hydrogen-bond donors (Lipinski definition) is 1. The smallest absolute Gasteiger partial charge is 0.253 e. The lowest BCUT2D eigenvalue weighted by Crippen LogP contribution is -2.32. The summed E-state index contributed by atoms with van der Waals surface area (Å²) in [5.74, 6) is 0.154. The van der Waals surface area contributed by atoms with E-state index in [1.54, 1.807) is 0 Å². The number of hydrogen-bond acceptors (Lipinski definition) is 2. The third-order valence-electron chi connectivity index (χ3n) is 3.74. The number of thiol groups is 1. The van der Waals surface area contributed by atoms with Crippen molar-refractivity contribution in [3.8, 4) is 0 Å². The predicted molar refractivity (Wildman–Crippen MR) is 77.2 cm³/mol. The van der Waals surface area contributed by atoms with E-state index in [9.17, 15) is 4.79 Å². The second kappa shape index (κ2) is 5.35. The molecule has 0 aliphatic carbocycles. The molecule has 1 aliphatic heterocycles. The Balaban J connectivity index is 2.07. The van der Waals surface area contributed by atoms with Crippen LogP contribution in [-0.2, 0) is 0 Å². The van der Waals surface area contributed by atoms with Gasteiger partial charge in [-0.25, -0.2) is 0 Å². The molecule has 1 heterocycles. The number of carbonyl (C=O) groups is 1. The summed E-state index contributed by atoms with van der Waals surface area (Å²) >= 11 is 4.24. The van der Waals surface area contributed by atoms with Crippen LogP contribution in [0.3, 0.4) is 0 Å². The van der Waals surface area contributed by atoms with Crippen molar-refractivity contribution in [1.82, 2.24) is 4.90 Å². The van der Waals surface area contributed by atoms with Gasteiger partial charge in [-0.1, -0.05) is 13.8 Å². The lowest BCUT2D eigenvalue weighted by atomic mass is 9.85. The van der Waals surface area contributed by atoms with E-state index >= 15 is 0 Å². The minimum atomic E-state index is 0.154. The Kier molecular flexibility index (Phi) is 4.00. The number of nitrogens with zero attached hydrogens (tertiary/aromatic N) is 1. The molecule has 0 unspecified atom stereocenters. The Bertz CT molecular complexity index is 425. The fourth-order valence-corrected chi connectivity index (χ4v) is 2.56. The van der Waals surface area contributed by atoms with Crippen LogP contribution in [0.2, 0.25) is 0 Å². The third-order valence-corrected chi connectivity index (χ3v) is 4.04. The quantitative estimate of drug-likeness (QED) is 0.767. The minimum absolute atomic E-state index is 0.154. The van der Waals surface area contributed by atoms with Gasteiger partial charge in [0.15, 0.2) is 0 Å². The Morgan fingerprint density at radius 1 is 1.17 bits per heavy atom. The van der Waals surface area contributed by atoms with Crippen molar-refractivity contribution < 1.29 is 4.79 Å². The molecule has 1 fully saturated rings. The van der Waals surface area contributed by atoms with Crippen molar-refractivity contribution in [2.45, 2.75) is 38.0 Å². The highest BCUT2D eigenvalue weighted by Crippen LogP contribution is 2.30. The maximum Gasteiger partial charge on any atom is 0.253 e. The average molecular weight is 263 g/mol. The normalized spacial score (nSPS) is 19.4. The van der Waals surface area contributed by atoms with Crippen molar-refractivity contribution in [3.63, 3.8) is 0 Å². The van der Waals surface area contributed by atoms with Gasteiger partial charge in [-0.3, -0.25) is 4.79 Å². The topological polar surface area (TPSA) is 20.3 Å². The fourth-order valence-electron chi connectivity index (χ4n) is 2.41. The molecule has 1 aromatic carbocycles. The van der Waals surface area contributed by atoms with Gasteiger partial charge in [0.25, 0.3) is 5.91 Å². The number of carbonyl (C=O) groups excluding carboxylic acids is 1. The Morgan fingerprint density at radius 3 is 2.50 bits per heavy atom. The molecule has 0 aromatic heterocycles. The predicted octanol–water partition coefficient (Wildman–Crippen LogP) is 3.63. The molecule has 2 nitrogen and oxygen atoms in total. The molecule has 0 N–H and O–H groups in total. The lowest BCUT2D eigenvalue weighted by molar-refractivity contribution is 0.0757. The van der Waals surface area contributed by atoms with E-state index in [2.05, 4.69) is 26.5 Å². The molecular weight excluding hydrogens is 242 g/mol. The van der Waals surface area contributed by atoms with Gasteiger partial charge in [0.2, 0.25) is 0 Å². The molecule has 0 radical (unpaired) electrons. The average Bonchev–Trinajstić information content (AvgIpc) is 2.50. The summed E-state index contributed by atoms with van der Waals surface area (Å²) in [6.07, 6.45) is 3.39.